The predicted molar refractivity (Wildman–Crippen MR) is 67.0 cm³/mol. The molecule has 21 heavy (non-hydrogen) atoms. The number of benzene rings is 1. The summed E-state index contributed by atoms with van der Waals surface area (Å²) in [7, 11) is 0. The number of rotatable bonds is 2. The number of nitrogens with one attached hydrogen (secondary N) is 1. The largest absolute Gasteiger partial charge is 0.433 e. The first kappa shape index (κ1) is 14.6. The topological polar surface area (TPSA) is 79.6 Å². The van der Waals surface area contributed by atoms with E-state index in [9.17, 15) is 18.0 Å². The maximum atomic E-state index is 12.4. The molecule has 2 aromatic rings. The van der Waals surface area contributed by atoms with E-state index in [1.165, 1.54) is 0 Å². The third-order valence-electron chi connectivity index (χ3n) is 2.19. The lowest BCUT2D eigenvalue weighted by molar-refractivity contribution is -0.141. The fourth-order valence-electron chi connectivity index (χ4n) is 1.31. The molecule has 1 N–H and O–H groups in total. The highest BCUT2D eigenvalue weighted by Gasteiger charge is 2.32. The van der Waals surface area contributed by atoms with Gasteiger partial charge in [-0.3, -0.25) is 0 Å². The number of alkyl halides is 3. The van der Waals surface area contributed by atoms with E-state index >= 15 is 0 Å². The molecule has 0 radical (unpaired) electrons. The number of para-hydroxylation sites is 1. The maximum Gasteiger partial charge on any atom is 0.433 e. The number of anilines is 1. The molecule has 2 amide bonds. The molecule has 0 spiro atoms. The number of hydrogen-bond donors (Lipinski definition) is 1. The fourth-order valence-corrected chi connectivity index (χ4v) is 1.31. The smallest absolute Gasteiger partial charge is 0.305 e. The Kier molecular flexibility index (Phi) is 4.21. The van der Waals surface area contributed by atoms with Gasteiger partial charge in [-0.25, -0.2) is 14.8 Å². The number of carbonyl (C=O) groups excluding carboxylic acids is 1. The van der Waals surface area contributed by atoms with Crippen LogP contribution in [0.4, 0.5) is 29.6 Å². The Labute approximate surface area is 116 Å². The molecule has 0 fully saturated rings. The summed E-state index contributed by atoms with van der Waals surface area (Å²) >= 11 is 0. The standard InChI is InChI=1S/C12H8F3N5O/c13-12(14,15)9-6-7-16-10(18-9)19-20-11(21)17-8-4-2-1-3-5-8/h1-7H,(H,17,21)/b20-19+. The molecule has 108 valence electrons. The van der Waals surface area contributed by atoms with Gasteiger partial charge in [0, 0.05) is 11.9 Å². The molecule has 0 atom stereocenters. The van der Waals surface area contributed by atoms with Crippen LogP contribution < -0.4 is 5.32 Å². The van der Waals surface area contributed by atoms with Crippen LogP contribution in [0.15, 0.2) is 52.8 Å². The van der Waals surface area contributed by atoms with Gasteiger partial charge in [0.25, 0.3) is 5.95 Å². The van der Waals surface area contributed by atoms with E-state index in [1.807, 2.05) is 0 Å². The second kappa shape index (κ2) is 6.07. The number of azo groups is 1. The van der Waals surface area contributed by atoms with Gasteiger partial charge in [0.2, 0.25) is 0 Å². The van der Waals surface area contributed by atoms with Gasteiger partial charge in [-0.15, -0.1) is 5.11 Å². The summed E-state index contributed by atoms with van der Waals surface area (Å²) in [6, 6.07) is 8.24. The molecule has 1 heterocycles. The van der Waals surface area contributed by atoms with E-state index in [4.69, 9.17) is 0 Å². The van der Waals surface area contributed by atoms with Crippen LogP contribution >= 0.6 is 0 Å². The molecule has 0 unspecified atom stereocenters. The van der Waals surface area contributed by atoms with Gasteiger partial charge in [0.05, 0.1) is 0 Å². The van der Waals surface area contributed by atoms with Crippen molar-refractivity contribution < 1.29 is 18.0 Å². The molecule has 9 heteroatoms. The van der Waals surface area contributed by atoms with Crippen LogP contribution in [-0.4, -0.2) is 16.0 Å². The van der Waals surface area contributed by atoms with Crippen LogP contribution in [0.1, 0.15) is 5.69 Å². The average Bonchev–Trinajstić information content (AvgIpc) is 2.46. The molecule has 0 saturated heterocycles. The first-order valence-electron chi connectivity index (χ1n) is 5.63. The minimum atomic E-state index is -4.61. The quantitative estimate of drug-likeness (QED) is 0.855. The van der Waals surface area contributed by atoms with Gasteiger partial charge >= 0.3 is 12.2 Å². The van der Waals surface area contributed by atoms with Crippen molar-refractivity contribution in [2.45, 2.75) is 6.18 Å². The van der Waals surface area contributed by atoms with Crippen LogP contribution in [0.5, 0.6) is 0 Å². The van der Waals surface area contributed by atoms with Gasteiger partial charge in [-0.1, -0.05) is 23.3 Å². The zero-order valence-corrected chi connectivity index (χ0v) is 10.4. The lowest BCUT2D eigenvalue weighted by Gasteiger charge is -2.04. The van der Waals surface area contributed by atoms with E-state index in [0.717, 1.165) is 6.20 Å². The number of amides is 2. The Bertz CT molecular complexity index is 657. The minimum absolute atomic E-state index is 0.478. The zero-order chi connectivity index (χ0) is 15.3. The Hall–Kier alpha value is -2.84. The Morgan fingerprint density at radius 3 is 2.52 bits per heavy atom. The third kappa shape index (κ3) is 4.34. The summed E-state index contributed by atoms with van der Waals surface area (Å²) in [6.07, 6.45) is -3.72. The van der Waals surface area contributed by atoms with Gasteiger partial charge in [-0.2, -0.15) is 13.2 Å². The van der Waals surface area contributed by atoms with Crippen molar-refractivity contribution in [3.05, 3.63) is 48.3 Å². The van der Waals surface area contributed by atoms with Crippen molar-refractivity contribution in [3.63, 3.8) is 0 Å². The SMILES string of the molecule is O=C(/N=N/c1nccc(C(F)(F)F)n1)Nc1ccccc1. The number of carbonyl (C=O) groups is 1. The highest BCUT2D eigenvalue weighted by molar-refractivity contribution is 5.89. The van der Waals surface area contributed by atoms with Gasteiger partial charge in [0.1, 0.15) is 5.69 Å². The van der Waals surface area contributed by atoms with Crippen LogP contribution in [0.25, 0.3) is 0 Å². The Balaban J connectivity index is 2.06. The van der Waals surface area contributed by atoms with E-state index in [0.29, 0.717) is 11.8 Å². The molecular formula is C12H8F3N5O. The van der Waals surface area contributed by atoms with E-state index < -0.39 is 23.8 Å². The molecule has 6 nitrogen and oxygen atoms in total. The monoisotopic (exact) mass is 295 g/mol. The van der Waals surface area contributed by atoms with Gasteiger partial charge in [0.15, 0.2) is 0 Å². The lowest BCUT2D eigenvalue weighted by atomic mass is 10.3. The highest BCUT2D eigenvalue weighted by Crippen LogP contribution is 2.27. The number of halogens is 3. The van der Waals surface area contributed by atoms with Crippen molar-refractivity contribution in [3.8, 4) is 0 Å². The molecule has 1 aromatic carbocycles. The second-order valence-corrected chi connectivity index (χ2v) is 3.74. The fraction of sp³-hybridized carbons (Fsp3) is 0.0833. The van der Waals surface area contributed by atoms with Crippen molar-refractivity contribution in [1.82, 2.24) is 9.97 Å². The Morgan fingerprint density at radius 2 is 1.86 bits per heavy atom. The summed E-state index contributed by atoms with van der Waals surface area (Å²) in [6.45, 7) is 0. The van der Waals surface area contributed by atoms with Crippen molar-refractivity contribution in [2.75, 3.05) is 5.32 Å². The minimum Gasteiger partial charge on any atom is -0.305 e. The molecule has 0 saturated carbocycles. The molecule has 0 aliphatic rings. The molecular weight excluding hydrogens is 287 g/mol. The summed E-state index contributed by atoms with van der Waals surface area (Å²) in [5, 5.41) is 8.84. The predicted octanol–water partition coefficient (Wildman–Crippen LogP) is 3.81. The van der Waals surface area contributed by atoms with Gasteiger partial charge in [-0.05, 0) is 18.2 Å². The summed E-state index contributed by atoms with van der Waals surface area (Å²) in [4.78, 5) is 18.0. The number of urea groups is 1. The van der Waals surface area contributed by atoms with Crippen LogP contribution in [0.2, 0.25) is 0 Å². The first-order chi connectivity index (χ1) is 9.95. The van der Waals surface area contributed by atoms with E-state index in [-0.39, 0.29) is 0 Å². The van der Waals surface area contributed by atoms with Gasteiger partial charge < -0.3 is 5.32 Å². The van der Waals surface area contributed by atoms with E-state index in [1.54, 1.807) is 30.3 Å². The lowest BCUT2D eigenvalue weighted by Crippen LogP contribution is -2.08. The molecule has 2 rings (SSSR count). The summed E-state index contributed by atoms with van der Waals surface area (Å²) in [5.41, 5.74) is -0.679. The number of hydrogen-bond acceptors (Lipinski definition) is 4. The zero-order valence-electron chi connectivity index (χ0n) is 10.4. The molecule has 0 bridgehead atoms. The van der Waals surface area contributed by atoms with E-state index in [2.05, 4.69) is 25.5 Å². The van der Waals surface area contributed by atoms with Crippen LogP contribution in [0.3, 0.4) is 0 Å². The number of nitrogens with zero attached hydrogens (tertiary/aromatic N) is 4. The second-order valence-electron chi connectivity index (χ2n) is 3.74. The number of aromatic nitrogens is 2. The average molecular weight is 295 g/mol. The third-order valence-corrected chi connectivity index (χ3v) is 2.19. The van der Waals surface area contributed by atoms with Crippen molar-refractivity contribution >= 4 is 17.7 Å². The molecule has 0 aliphatic heterocycles. The normalized spacial score (nSPS) is 11.6. The summed E-state index contributed by atoms with van der Waals surface area (Å²) < 4.78 is 37.2. The Morgan fingerprint density at radius 1 is 1.14 bits per heavy atom. The highest BCUT2D eigenvalue weighted by atomic mass is 19.4. The van der Waals surface area contributed by atoms with Crippen molar-refractivity contribution in [1.29, 1.82) is 0 Å². The summed E-state index contributed by atoms with van der Waals surface area (Å²) in [5.74, 6) is -0.548. The molecule has 1 aromatic heterocycles. The van der Waals surface area contributed by atoms with Crippen molar-refractivity contribution in [2.24, 2.45) is 10.2 Å². The van der Waals surface area contributed by atoms with Crippen LogP contribution in [-0.2, 0) is 6.18 Å². The maximum absolute atomic E-state index is 12.4. The first-order valence-corrected chi connectivity index (χ1v) is 5.63. The van der Waals surface area contributed by atoms with Crippen LogP contribution in [0, 0.1) is 0 Å². The molecule has 0 aliphatic carbocycles.